The van der Waals surface area contributed by atoms with Crippen molar-refractivity contribution < 1.29 is 14.2 Å². The summed E-state index contributed by atoms with van der Waals surface area (Å²) in [4.78, 5) is 0. The minimum Gasteiger partial charge on any atom is -0.497 e. The molecule has 0 aliphatic heterocycles. The lowest BCUT2D eigenvalue weighted by atomic mass is 9.92. The molecule has 0 radical (unpaired) electrons. The fourth-order valence-electron chi connectivity index (χ4n) is 2.56. The van der Waals surface area contributed by atoms with E-state index >= 15 is 0 Å². The quantitative estimate of drug-likeness (QED) is 0.758. The summed E-state index contributed by atoms with van der Waals surface area (Å²) in [6, 6.07) is 6.03. The van der Waals surface area contributed by atoms with E-state index in [9.17, 15) is 0 Å². The van der Waals surface area contributed by atoms with E-state index in [1.807, 2.05) is 19.1 Å². The lowest BCUT2D eigenvalue weighted by Crippen LogP contribution is -2.37. The zero-order chi connectivity index (χ0) is 15.8. The Labute approximate surface area is 128 Å². The van der Waals surface area contributed by atoms with E-state index in [2.05, 4.69) is 32.2 Å². The van der Waals surface area contributed by atoms with Gasteiger partial charge in [0.1, 0.15) is 11.5 Å². The Kier molecular flexibility index (Phi) is 7.54. The van der Waals surface area contributed by atoms with Crippen LogP contribution in [0, 0.1) is 5.92 Å². The summed E-state index contributed by atoms with van der Waals surface area (Å²) < 4.78 is 16.8. The summed E-state index contributed by atoms with van der Waals surface area (Å²) in [6.07, 6.45) is 0.0947. The van der Waals surface area contributed by atoms with E-state index < -0.39 is 0 Å². The van der Waals surface area contributed by atoms with Crippen LogP contribution in [-0.2, 0) is 4.74 Å². The second-order valence-electron chi connectivity index (χ2n) is 5.31. The Balaban J connectivity index is 3.19. The zero-order valence-electron chi connectivity index (χ0n) is 14.1. The first-order valence-electron chi connectivity index (χ1n) is 7.65. The van der Waals surface area contributed by atoms with Gasteiger partial charge in [-0.15, -0.1) is 0 Å². The average molecular weight is 295 g/mol. The van der Waals surface area contributed by atoms with Crippen LogP contribution in [0.5, 0.6) is 11.5 Å². The first-order chi connectivity index (χ1) is 10.1. The summed E-state index contributed by atoms with van der Waals surface area (Å²) in [5, 5.41) is 3.53. The van der Waals surface area contributed by atoms with Gasteiger partial charge in [-0.25, -0.2) is 0 Å². The Morgan fingerprint density at radius 2 is 1.81 bits per heavy atom. The molecule has 1 rings (SSSR count). The topological polar surface area (TPSA) is 39.7 Å². The van der Waals surface area contributed by atoms with E-state index in [1.165, 1.54) is 0 Å². The molecule has 0 bridgehead atoms. The minimum atomic E-state index is 0.0933. The molecule has 4 heteroatoms. The molecule has 2 unspecified atom stereocenters. The van der Waals surface area contributed by atoms with Crippen LogP contribution in [0.4, 0.5) is 0 Å². The van der Waals surface area contributed by atoms with Crippen molar-refractivity contribution in [3.63, 3.8) is 0 Å². The maximum absolute atomic E-state index is 5.98. The molecule has 0 aliphatic carbocycles. The molecule has 0 aliphatic rings. The van der Waals surface area contributed by atoms with Gasteiger partial charge in [0.25, 0.3) is 0 Å². The molecule has 0 saturated heterocycles. The first-order valence-corrected chi connectivity index (χ1v) is 7.65. The second kappa shape index (κ2) is 8.90. The highest BCUT2D eigenvalue weighted by Gasteiger charge is 2.28. The Morgan fingerprint density at radius 1 is 1.10 bits per heavy atom. The van der Waals surface area contributed by atoms with Crippen molar-refractivity contribution in [3.8, 4) is 11.5 Å². The van der Waals surface area contributed by atoms with Crippen LogP contribution in [0.1, 0.15) is 39.3 Å². The number of nitrogens with one attached hydrogen (secondary N) is 1. The van der Waals surface area contributed by atoms with Gasteiger partial charge in [0.05, 0.1) is 26.4 Å². The number of methoxy groups -OCH3 is 2. The van der Waals surface area contributed by atoms with Gasteiger partial charge in [-0.2, -0.15) is 0 Å². The van der Waals surface area contributed by atoms with Crippen LogP contribution in [0.25, 0.3) is 0 Å². The van der Waals surface area contributed by atoms with Gasteiger partial charge in [-0.05, 0) is 31.5 Å². The predicted octanol–water partition coefficient (Wildman–Crippen LogP) is 3.42. The fourth-order valence-corrected chi connectivity index (χ4v) is 2.56. The van der Waals surface area contributed by atoms with Crippen LogP contribution >= 0.6 is 0 Å². The fraction of sp³-hybridized carbons (Fsp3) is 0.647. The largest absolute Gasteiger partial charge is 0.497 e. The van der Waals surface area contributed by atoms with Crippen molar-refractivity contribution in [3.05, 3.63) is 23.8 Å². The summed E-state index contributed by atoms with van der Waals surface area (Å²) in [7, 11) is 3.35. The van der Waals surface area contributed by atoms with E-state index in [0.29, 0.717) is 12.5 Å². The Morgan fingerprint density at radius 3 is 2.29 bits per heavy atom. The Hall–Kier alpha value is -1.26. The number of likely N-dealkylation sites (N-methyl/N-ethyl adjacent to an activating group) is 1. The third-order valence-electron chi connectivity index (χ3n) is 3.54. The van der Waals surface area contributed by atoms with E-state index in [4.69, 9.17) is 14.2 Å². The van der Waals surface area contributed by atoms with Gasteiger partial charge < -0.3 is 19.5 Å². The van der Waals surface area contributed by atoms with Gasteiger partial charge in [-0.1, -0.05) is 20.8 Å². The van der Waals surface area contributed by atoms with Gasteiger partial charge in [0, 0.05) is 18.2 Å². The lowest BCUT2D eigenvalue weighted by Gasteiger charge is -2.32. The smallest absolute Gasteiger partial charge is 0.127 e. The minimum absolute atomic E-state index is 0.0933. The highest BCUT2D eigenvalue weighted by Crippen LogP contribution is 2.34. The van der Waals surface area contributed by atoms with Crippen LogP contribution in [0.2, 0.25) is 0 Å². The standard InChI is InChI=1S/C17H29NO3/c1-7-18-16(17(12(3)4)21-8-2)14-10-9-13(19-5)11-15(14)20-6/h9-12,16-18H,7-8H2,1-6H3. The highest BCUT2D eigenvalue weighted by atomic mass is 16.5. The van der Waals surface area contributed by atoms with Gasteiger partial charge in [0.15, 0.2) is 0 Å². The van der Waals surface area contributed by atoms with Crippen molar-refractivity contribution >= 4 is 0 Å². The third-order valence-corrected chi connectivity index (χ3v) is 3.54. The number of hydrogen-bond acceptors (Lipinski definition) is 4. The molecule has 21 heavy (non-hydrogen) atoms. The molecule has 120 valence electrons. The molecule has 0 amide bonds. The average Bonchev–Trinajstić information content (AvgIpc) is 2.50. The van der Waals surface area contributed by atoms with E-state index in [0.717, 1.165) is 23.6 Å². The van der Waals surface area contributed by atoms with Crippen LogP contribution < -0.4 is 14.8 Å². The van der Waals surface area contributed by atoms with Crippen LogP contribution in [-0.4, -0.2) is 33.5 Å². The van der Waals surface area contributed by atoms with Crippen LogP contribution in [0.15, 0.2) is 18.2 Å². The molecule has 0 saturated carbocycles. The number of rotatable bonds is 9. The molecule has 1 N–H and O–H groups in total. The van der Waals surface area contributed by atoms with Gasteiger partial charge in [-0.3, -0.25) is 0 Å². The van der Waals surface area contributed by atoms with E-state index in [-0.39, 0.29) is 12.1 Å². The molecular weight excluding hydrogens is 266 g/mol. The molecule has 1 aromatic rings. The maximum atomic E-state index is 5.98. The molecule has 1 aromatic carbocycles. The third kappa shape index (κ3) is 4.61. The molecule has 2 atom stereocenters. The molecule has 0 aromatic heterocycles. The maximum Gasteiger partial charge on any atom is 0.127 e. The predicted molar refractivity (Wildman–Crippen MR) is 86.2 cm³/mol. The van der Waals surface area contributed by atoms with Crippen molar-refractivity contribution in [1.29, 1.82) is 0 Å². The zero-order valence-corrected chi connectivity index (χ0v) is 14.1. The molecule has 4 nitrogen and oxygen atoms in total. The summed E-state index contributed by atoms with van der Waals surface area (Å²) in [6.45, 7) is 10.1. The summed E-state index contributed by atoms with van der Waals surface area (Å²) in [5.74, 6) is 2.02. The normalized spacial score (nSPS) is 14.0. The molecular formula is C17H29NO3. The molecule has 0 heterocycles. The molecule has 0 fully saturated rings. The summed E-state index contributed by atoms with van der Waals surface area (Å²) in [5.41, 5.74) is 1.10. The Bertz CT molecular complexity index is 420. The van der Waals surface area contributed by atoms with Gasteiger partial charge >= 0.3 is 0 Å². The van der Waals surface area contributed by atoms with Crippen LogP contribution in [0.3, 0.4) is 0 Å². The molecule has 0 spiro atoms. The van der Waals surface area contributed by atoms with Crippen molar-refractivity contribution in [2.75, 3.05) is 27.4 Å². The monoisotopic (exact) mass is 295 g/mol. The lowest BCUT2D eigenvalue weighted by molar-refractivity contribution is 0.00265. The second-order valence-corrected chi connectivity index (χ2v) is 5.31. The van der Waals surface area contributed by atoms with Crippen molar-refractivity contribution in [2.24, 2.45) is 5.92 Å². The summed E-state index contributed by atoms with van der Waals surface area (Å²) >= 11 is 0. The first kappa shape index (κ1) is 17.8. The number of ether oxygens (including phenoxy) is 3. The number of hydrogen-bond donors (Lipinski definition) is 1. The highest BCUT2D eigenvalue weighted by molar-refractivity contribution is 5.43. The van der Waals surface area contributed by atoms with Gasteiger partial charge in [0.2, 0.25) is 0 Å². The van der Waals surface area contributed by atoms with E-state index in [1.54, 1.807) is 14.2 Å². The number of benzene rings is 1. The van der Waals surface area contributed by atoms with Crippen molar-refractivity contribution in [1.82, 2.24) is 5.32 Å². The SMILES string of the molecule is CCNC(c1ccc(OC)cc1OC)C(OCC)C(C)C. The van der Waals surface area contributed by atoms with Crippen molar-refractivity contribution in [2.45, 2.75) is 39.8 Å².